The highest BCUT2D eigenvalue weighted by atomic mass is 15.2. The molecule has 3 heterocycles. The normalized spacial score (nSPS) is 53.4. The highest BCUT2D eigenvalue weighted by Gasteiger charge is 2.39. The average molecular weight is 140 g/mol. The van der Waals surface area contributed by atoms with Crippen molar-refractivity contribution in [1.82, 2.24) is 4.90 Å². The van der Waals surface area contributed by atoms with Gasteiger partial charge in [0, 0.05) is 12.1 Å². The molecule has 3 aliphatic rings. The summed E-state index contributed by atoms with van der Waals surface area (Å²) >= 11 is 0. The summed E-state index contributed by atoms with van der Waals surface area (Å²) in [5, 5.41) is 0. The molecular formula is C8H16N2. The van der Waals surface area contributed by atoms with Crippen LogP contribution in [0.4, 0.5) is 0 Å². The van der Waals surface area contributed by atoms with Crippen molar-refractivity contribution in [2.75, 3.05) is 19.6 Å². The SMILES string of the molecule is C[C@]1(N)CN2CCC1CC2. The molecule has 0 aromatic carbocycles. The molecule has 10 heavy (non-hydrogen) atoms. The minimum Gasteiger partial charge on any atom is -0.324 e. The number of rotatable bonds is 0. The Balaban J connectivity index is 2.15. The monoisotopic (exact) mass is 140 g/mol. The number of piperidine rings is 3. The third kappa shape index (κ3) is 0.867. The average Bonchev–Trinajstić information content (AvgIpc) is 1.87. The summed E-state index contributed by atoms with van der Waals surface area (Å²) < 4.78 is 0. The van der Waals surface area contributed by atoms with Gasteiger partial charge in [0.1, 0.15) is 0 Å². The van der Waals surface area contributed by atoms with E-state index in [4.69, 9.17) is 5.73 Å². The number of hydrogen-bond donors (Lipinski definition) is 1. The van der Waals surface area contributed by atoms with Crippen LogP contribution in [0.3, 0.4) is 0 Å². The second-order valence-electron chi connectivity index (χ2n) is 4.06. The molecular weight excluding hydrogens is 124 g/mol. The highest BCUT2D eigenvalue weighted by Crippen LogP contribution is 2.33. The molecule has 3 aliphatic heterocycles. The fraction of sp³-hybridized carbons (Fsp3) is 1.00. The zero-order valence-electron chi connectivity index (χ0n) is 6.64. The smallest absolute Gasteiger partial charge is 0.0284 e. The molecule has 58 valence electrons. The third-order valence-corrected chi connectivity index (χ3v) is 3.08. The minimum atomic E-state index is 0.122. The van der Waals surface area contributed by atoms with E-state index < -0.39 is 0 Å². The second-order valence-corrected chi connectivity index (χ2v) is 4.06. The van der Waals surface area contributed by atoms with Crippen molar-refractivity contribution < 1.29 is 0 Å². The van der Waals surface area contributed by atoms with E-state index in [1.807, 2.05) is 0 Å². The third-order valence-electron chi connectivity index (χ3n) is 3.08. The summed E-state index contributed by atoms with van der Waals surface area (Å²) in [6.45, 7) is 5.90. The largest absolute Gasteiger partial charge is 0.324 e. The molecule has 0 spiro atoms. The van der Waals surface area contributed by atoms with Crippen molar-refractivity contribution in [3.05, 3.63) is 0 Å². The molecule has 0 saturated carbocycles. The molecule has 1 atom stereocenters. The van der Waals surface area contributed by atoms with Gasteiger partial charge in [-0.1, -0.05) is 0 Å². The van der Waals surface area contributed by atoms with Crippen molar-refractivity contribution in [3.8, 4) is 0 Å². The van der Waals surface area contributed by atoms with E-state index in [0.717, 1.165) is 12.5 Å². The first-order chi connectivity index (χ1) is 4.68. The van der Waals surface area contributed by atoms with Crippen LogP contribution < -0.4 is 5.73 Å². The summed E-state index contributed by atoms with van der Waals surface area (Å²) in [7, 11) is 0. The van der Waals surface area contributed by atoms with E-state index in [9.17, 15) is 0 Å². The molecule has 3 fully saturated rings. The summed E-state index contributed by atoms with van der Waals surface area (Å²) in [5.41, 5.74) is 6.24. The lowest BCUT2D eigenvalue weighted by Gasteiger charge is -2.49. The van der Waals surface area contributed by atoms with E-state index in [2.05, 4.69) is 11.8 Å². The first-order valence-electron chi connectivity index (χ1n) is 4.20. The van der Waals surface area contributed by atoms with E-state index in [1.165, 1.54) is 25.9 Å². The van der Waals surface area contributed by atoms with Gasteiger partial charge in [0.05, 0.1) is 0 Å². The lowest BCUT2D eigenvalue weighted by Crippen LogP contribution is -2.62. The fourth-order valence-corrected chi connectivity index (χ4v) is 2.36. The van der Waals surface area contributed by atoms with Gasteiger partial charge in [0.2, 0.25) is 0 Å². The Morgan fingerprint density at radius 1 is 1.40 bits per heavy atom. The minimum absolute atomic E-state index is 0.122. The molecule has 2 heteroatoms. The van der Waals surface area contributed by atoms with Gasteiger partial charge in [0.25, 0.3) is 0 Å². The Morgan fingerprint density at radius 2 is 2.00 bits per heavy atom. The van der Waals surface area contributed by atoms with Crippen LogP contribution in [0.1, 0.15) is 19.8 Å². The summed E-state index contributed by atoms with van der Waals surface area (Å²) in [6.07, 6.45) is 2.65. The Kier molecular flexibility index (Phi) is 1.29. The Hall–Kier alpha value is -0.0800. The number of fused-ring (bicyclic) bond motifs is 3. The Morgan fingerprint density at radius 3 is 2.20 bits per heavy atom. The van der Waals surface area contributed by atoms with Gasteiger partial charge in [0.15, 0.2) is 0 Å². The molecule has 0 amide bonds. The van der Waals surface area contributed by atoms with Crippen LogP contribution in [0, 0.1) is 5.92 Å². The first-order valence-corrected chi connectivity index (χ1v) is 4.20. The Labute approximate surface area is 62.4 Å². The van der Waals surface area contributed by atoms with Gasteiger partial charge in [-0.25, -0.2) is 0 Å². The molecule has 0 aromatic rings. The lowest BCUT2D eigenvalue weighted by molar-refractivity contribution is 0.0389. The van der Waals surface area contributed by atoms with Gasteiger partial charge < -0.3 is 10.6 Å². The molecule has 2 nitrogen and oxygen atoms in total. The van der Waals surface area contributed by atoms with Crippen LogP contribution in [0.15, 0.2) is 0 Å². The van der Waals surface area contributed by atoms with Crippen LogP contribution >= 0.6 is 0 Å². The van der Waals surface area contributed by atoms with Crippen molar-refractivity contribution in [2.45, 2.75) is 25.3 Å². The van der Waals surface area contributed by atoms with Crippen molar-refractivity contribution in [3.63, 3.8) is 0 Å². The van der Waals surface area contributed by atoms with E-state index in [-0.39, 0.29) is 5.54 Å². The maximum atomic E-state index is 6.12. The fourth-order valence-electron chi connectivity index (χ4n) is 2.36. The summed E-state index contributed by atoms with van der Waals surface area (Å²) in [5.74, 6) is 0.803. The van der Waals surface area contributed by atoms with E-state index >= 15 is 0 Å². The standard InChI is InChI=1S/C8H16N2/c1-8(9)6-10-4-2-7(8)3-5-10/h7H,2-6,9H2,1H3/t8-/m0/s1. The predicted molar refractivity (Wildman–Crippen MR) is 41.8 cm³/mol. The van der Waals surface area contributed by atoms with Gasteiger partial charge in [-0.15, -0.1) is 0 Å². The molecule has 3 saturated heterocycles. The lowest BCUT2D eigenvalue weighted by atomic mass is 9.75. The molecule has 2 bridgehead atoms. The number of nitrogens with two attached hydrogens (primary N) is 1. The second kappa shape index (κ2) is 1.95. The summed E-state index contributed by atoms with van der Waals surface area (Å²) in [6, 6.07) is 0. The summed E-state index contributed by atoms with van der Waals surface area (Å²) in [4.78, 5) is 2.49. The Bertz CT molecular complexity index is 134. The van der Waals surface area contributed by atoms with Crippen LogP contribution in [-0.4, -0.2) is 30.1 Å². The molecule has 0 unspecified atom stereocenters. The highest BCUT2D eigenvalue weighted by molar-refractivity contribution is 4.98. The van der Waals surface area contributed by atoms with Crippen molar-refractivity contribution in [2.24, 2.45) is 11.7 Å². The predicted octanol–water partition coefficient (Wildman–Crippen LogP) is 0.429. The van der Waals surface area contributed by atoms with Gasteiger partial charge in [-0.3, -0.25) is 0 Å². The maximum Gasteiger partial charge on any atom is 0.0284 e. The van der Waals surface area contributed by atoms with Gasteiger partial charge in [-0.2, -0.15) is 0 Å². The zero-order chi connectivity index (χ0) is 7.19. The topological polar surface area (TPSA) is 29.3 Å². The molecule has 0 aliphatic carbocycles. The van der Waals surface area contributed by atoms with Crippen molar-refractivity contribution in [1.29, 1.82) is 0 Å². The van der Waals surface area contributed by atoms with Crippen LogP contribution in [0.2, 0.25) is 0 Å². The van der Waals surface area contributed by atoms with Gasteiger partial charge >= 0.3 is 0 Å². The molecule has 0 radical (unpaired) electrons. The molecule has 2 N–H and O–H groups in total. The first kappa shape index (κ1) is 6.62. The number of hydrogen-bond acceptors (Lipinski definition) is 2. The van der Waals surface area contributed by atoms with Crippen LogP contribution in [-0.2, 0) is 0 Å². The van der Waals surface area contributed by atoms with Gasteiger partial charge in [-0.05, 0) is 38.8 Å². The molecule has 3 rings (SSSR count). The zero-order valence-corrected chi connectivity index (χ0v) is 6.64. The number of nitrogens with zero attached hydrogens (tertiary/aromatic N) is 1. The van der Waals surface area contributed by atoms with Crippen LogP contribution in [0.25, 0.3) is 0 Å². The van der Waals surface area contributed by atoms with Crippen molar-refractivity contribution >= 4 is 0 Å². The van der Waals surface area contributed by atoms with E-state index in [0.29, 0.717) is 0 Å². The quantitative estimate of drug-likeness (QED) is 0.528. The van der Waals surface area contributed by atoms with Crippen LogP contribution in [0.5, 0.6) is 0 Å². The maximum absolute atomic E-state index is 6.12. The molecule has 0 aromatic heterocycles. The van der Waals surface area contributed by atoms with E-state index in [1.54, 1.807) is 0 Å².